The molecule has 1 saturated carbocycles. The summed E-state index contributed by atoms with van der Waals surface area (Å²) in [6.07, 6.45) is 6.44. The van der Waals surface area contributed by atoms with Crippen molar-refractivity contribution >= 4 is 11.6 Å². The van der Waals surface area contributed by atoms with Gasteiger partial charge in [-0.1, -0.05) is 24.4 Å². The lowest BCUT2D eigenvalue weighted by atomic mass is 9.84. The molecule has 4 heteroatoms. The first-order valence-electron chi connectivity index (χ1n) is 7.94. The van der Waals surface area contributed by atoms with E-state index in [1.807, 2.05) is 18.2 Å². The number of hydrogen-bond donors (Lipinski definition) is 1. The van der Waals surface area contributed by atoms with E-state index in [9.17, 15) is 5.11 Å². The summed E-state index contributed by atoms with van der Waals surface area (Å²) in [6, 6.07) is 5.53. The molecule has 1 aromatic rings. The van der Waals surface area contributed by atoms with Crippen molar-refractivity contribution < 1.29 is 9.84 Å². The van der Waals surface area contributed by atoms with E-state index in [1.165, 1.54) is 25.7 Å². The molecule has 0 bridgehead atoms. The predicted octanol–water partition coefficient (Wildman–Crippen LogP) is 3.79. The van der Waals surface area contributed by atoms with Gasteiger partial charge in [0.15, 0.2) is 0 Å². The fourth-order valence-electron chi connectivity index (χ4n) is 4.12. The minimum absolute atomic E-state index is 0.130. The third-order valence-corrected chi connectivity index (χ3v) is 5.44. The highest BCUT2D eigenvalue weighted by Gasteiger charge is 2.47. The van der Waals surface area contributed by atoms with Crippen LogP contribution in [0, 0.1) is 0 Å². The van der Waals surface area contributed by atoms with E-state index in [4.69, 9.17) is 16.3 Å². The van der Waals surface area contributed by atoms with E-state index in [1.54, 1.807) is 7.11 Å². The van der Waals surface area contributed by atoms with E-state index >= 15 is 0 Å². The fourth-order valence-corrected chi connectivity index (χ4v) is 4.30. The third kappa shape index (κ3) is 2.67. The van der Waals surface area contributed by atoms with E-state index < -0.39 is 6.10 Å². The minimum Gasteiger partial charge on any atom is -0.496 e. The molecule has 21 heavy (non-hydrogen) atoms. The Morgan fingerprint density at radius 3 is 2.48 bits per heavy atom. The maximum Gasteiger partial charge on any atom is 0.124 e. The Balaban J connectivity index is 1.98. The lowest BCUT2D eigenvalue weighted by Gasteiger charge is -2.43. The number of methoxy groups -OCH3 is 1. The Labute approximate surface area is 131 Å². The van der Waals surface area contributed by atoms with Crippen molar-refractivity contribution in [1.82, 2.24) is 4.90 Å². The van der Waals surface area contributed by atoms with E-state index in [0.29, 0.717) is 5.02 Å². The van der Waals surface area contributed by atoms with Crippen molar-refractivity contribution in [3.8, 4) is 5.75 Å². The summed E-state index contributed by atoms with van der Waals surface area (Å²) in [4.78, 5) is 2.50. The second kappa shape index (κ2) is 6.15. The molecule has 0 aromatic heterocycles. The standard InChI is InChI=1S/C17H24ClNO2/c1-21-15-7-6-13(18)12-14(15)16(20)17(8-2-3-9-17)19-10-4-5-11-19/h6-7,12,16,20H,2-5,8-11H2,1H3. The van der Waals surface area contributed by atoms with Gasteiger partial charge in [-0.05, 0) is 57.0 Å². The Bertz CT molecular complexity index is 494. The van der Waals surface area contributed by atoms with Crippen LogP contribution in [0.25, 0.3) is 0 Å². The molecule has 1 aliphatic carbocycles. The molecule has 1 aromatic carbocycles. The van der Waals surface area contributed by atoms with Gasteiger partial charge in [0.25, 0.3) is 0 Å². The largest absolute Gasteiger partial charge is 0.496 e. The van der Waals surface area contributed by atoms with Gasteiger partial charge in [0.1, 0.15) is 11.9 Å². The van der Waals surface area contributed by atoms with Gasteiger partial charge >= 0.3 is 0 Å². The molecule has 2 fully saturated rings. The SMILES string of the molecule is COc1ccc(Cl)cc1C(O)C1(N2CCCC2)CCCC1. The first kappa shape index (κ1) is 15.1. The number of halogens is 1. The third-order valence-electron chi connectivity index (χ3n) is 5.20. The van der Waals surface area contributed by atoms with Crippen LogP contribution >= 0.6 is 11.6 Å². The van der Waals surface area contributed by atoms with Crippen LogP contribution in [-0.4, -0.2) is 35.7 Å². The quantitative estimate of drug-likeness (QED) is 0.918. The molecule has 1 unspecified atom stereocenters. The van der Waals surface area contributed by atoms with Gasteiger partial charge < -0.3 is 9.84 Å². The van der Waals surface area contributed by atoms with E-state index in [-0.39, 0.29) is 5.54 Å². The first-order valence-corrected chi connectivity index (χ1v) is 8.32. The van der Waals surface area contributed by atoms with Crippen molar-refractivity contribution in [2.75, 3.05) is 20.2 Å². The van der Waals surface area contributed by atoms with Gasteiger partial charge in [-0.2, -0.15) is 0 Å². The van der Waals surface area contributed by atoms with E-state index in [2.05, 4.69) is 4.90 Å². The van der Waals surface area contributed by atoms with Crippen LogP contribution in [0.2, 0.25) is 5.02 Å². The second-order valence-corrected chi connectivity index (χ2v) is 6.73. The van der Waals surface area contributed by atoms with Crippen LogP contribution in [0.15, 0.2) is 18.2 Å². The highest BCUT2D eigenvalue weighted by molar-refractivity contribution is 6.30. The number of aliphatic hydroxyl groups is 1. The lowest BCUT2D eigenvalue weighted by Crippen LogP contribution is -2.49. The predicted molar refractivity (Wildman–Crippen MR) is 85.0 cm³/mol. The average Bonchev–Trinajstić information content (AvgIpc) is 3.18. The summed E-state index contributed by atoms with van der Waals surface area (Å²) < 4.78 is 5.45. The topological polar surface area (TPSA) is 32.7 Å². The molecule has 2 aliphatic rings. The minimum atomic E-state index is -0.535. The van der Waals surface area contributed by atoms with Crippen LogP contribution in [-0.2, 0) is 0 Å². The number of hydrogen-bond acceptors (Lipinski definition) is 3. The number of rotatable bonds is 4. The zero-order valence-electron chi connectivity index (χ0n) is 12.6. The summed E-state index contributed by atoms with van der Waals surface area (Å²) in [5.74, 6) is 0.734. The van der Waals surface area contributed by atoms with Crippen LogP contribution in [0.3, 0.4) is 0 Å². The summed E-state index contributed by atoms with van der Waals surface area (Å²) in [5.41, 5.74) is 0.702. The van der Waals surface area contributed by atoms with E-state index in [0.717, 1.165) is 37.2 Å². The molecule has 1 saturated heterocycles. The molecule has 1 heterocycles. The average molecular weight is 310 g/mol. The highest BCUT2D eigenvalue weighted by Crippen LogP contribution is 2.47. The van der Waals surface area contributed by atoms with Crippen LogP contribution in [0.1, 0.15) is 50.2 Å². The lowest BCUT2D eigenvalue weighted by molar-refractivity contribution is -0.0206. The molecule has 0 spiro atoms. The normalized spacial score (nSPS) is 23.4. The maximum atomic E-state index is 11.2. The molecule has 1 aliphatic heterocycles. The second-order valence-electron chi connectivity index (χ2n) is 6.29. The van der Waals surface area contributed by atoms with Crippen molar-refractivity contribution in [2.24, 2.45) is 0 Å². The Morgan fingerprint density at radius 2 is 1.86 bits per heavy atom. The van der Waals surface area contributed by atoms with Crippen LogP contribution < -0.4 is 4.74 Å². The van der Waals surface area contributed by atoms with Crippen molar-refractivity contribution in [1.29, 1.82) is 0 Å². The van der Waals surface area contributed by atoms with Crippen molar-refractivity contribution in [3.63, 3.8) is 0 Å². The van der Waals surface area contributed by atoms with Gasteiger partial charge in [-0.15, -0.1) is 0 Å². The summed E-state index contributed by atoms with van der Waals surface area (Å²) >= 11 is 6.15. The molecular weight excluding hydrogens is 286 g/mol. The zero-order chi connectivity index (χ0) is 14.9. The van der Waals surface area contributed by atoms with Crippen molar-refractivity contribution in [3.05, 3.63) is 28.8 Å². The van der Waals surface area contributed by atoms with Crippen molar-refractivity contribution in [2.45, 2.75) is 50.2 Å². The summed E-state index contributed by atoms with van der Waals surface area (Å²) in [5, 5.41) is 11.8. The smallest absolute Gasteiger partial charge is 0.124 e. The van der Waals surface area contributed by atoms with Gasteiger partial charge in [0, 0.05) is 10.6 Å². The van der Waals surface area contributed by atoms with Crippen LogP contribution in [0.5, 0.6) is 5.75 Å². The molecule has 0 amide bonds. The molecule has 3 nitrogen and oxygen atoms in total. The Kier molecular flexibility index (Phi) is 4.43. The molecule has 1 atom stereocenters. The number of benzene rings is 1. The fraction of sp³-hybridized carbons (Fsp3) is 0.647. The first-order chi connectivity index (χ1) is 10.2. The molecule has 3 rings (SSSR count). The number of likely N-dealkylation sites (tertiary alicyclic amines) is 1. The van der Waals surface area contributed by atoms with Gasteiger partial charge in [-0.3, -0.25) is 4.90 Å². The van der Waals surface area contributed by atoms with Gasteiger partial charge in [-0.25, -0.2) is 0 Å². The maximum absolute atomic E-state index is 11.2. The van der Waals surface area contributed by atoms with Crippen LogP contribution in [0.4, 0.5) is 0 Å². The monoisotopic (exact) mass is 309 g/mol. The molecule has 0 radical (unpaired) electrons. The Morgan fingerprint density at radius 1 is 1.19 bits per heavy atom. The molecule has 116 valence electrons. The summed E-state index contributed by atoms with van der Waals surface area (Å²) in [6.45, 7) is 2.19. The Hall–Kier alpha value is -0.770. The number of ether oxygens (including phenoxy) is 1. The zero-order valence-corrected chi connectivity index (χ0v) is 13.4. The highest BCUT2D eigenvalue weighted by atomic mass is 35.5. The summed E-state index contributed by atoms with van der Waals surface area (Å²) in [7, 11) is 1.65. The number of nitrogens with zero attached hydrogens (tertiary/aromatic N) is 1. The molecular formula is C17H24ClNO2. The number of aliphatic hydroxyl groups excluding tert-OH is 1. The molecule has 1 N–H and O–H groups in total. The van der Waals surface area contributed by atoms with Gasteiger partial charge in [0.2, 0.25) is 0 Å². The van der Waals surface area contributed by atoms with Gasteiger partial charge in [0.05, 0.1) is 12.6 Å².